The van der Waals surface area contributed by atoms with Crippen molar-refractivity contribution in [2.24, 2.45) is 0 Å². The van der Waals surface area contributed by atoms with Gasteiger partial charge in [-0.1, -0.05) is 49.3 Å². The molecule has 1 aliphatic heterocycles. The average molecular weight is 611 g/mol. The van der Waals surface area contributed by atoms with E-state index in [4.69, 9.17) is 19.4 Å². The number of nitrogens with zero attached hydrogens (tertiary/aromatic N) is 4. The molecule has 4 heterocycles. The third kappa shape index (κ3) is 5.19. The number of pyridine rings is 1. The van der Waals surface area contributed by atoms with Crippen LogP contribution < -0.4 is 14.4 Å². The minimum atomic E-state index is -0.952. The van der Waals surface area contributed by atoms with E-state index in [0.29, 0.717) is 52.3 Å². The standard InChI is InChI=1S/C34H34N4O5S/c1-5-7-8-17-43-23-13-9-12-22(18-23)29-27(30(39)28-21(4)37-16-10-11-20(3)32(37)36-28)31(40)33(41)38(29)34-35-25-15-14-24(42-6-2)19-26(25)44-34/h9-16,18-19,29,39H,5-8,17H2,1-4H3. The van der Waals surface area contributed by atoms with Gasteiger partial charge in [-0.25, -0.2) is 9.97 Å². The Morgan fingerprint density at radius 2 is 1.80 bits per heavy atom. The molecule has 0 radical (unpaired) electrons. The summed E-state index contributed by atoms with van der Waals surface area (Å²) in [5.74, 6) is -0.587. The molecule has 2 aromatic carbocycles. The lowest BCUT2D eigenvalue weighted by atomic mass is 9.96. The number of aryl methyl sites for hydroxylation is 2. The maximum absolute atomic E-state index is 13.8. The summed E-state index contributed by atoms with van der Waals surface area (Å²) in [5, 5.41) is 12.2. The number of imidazole rings is 1. The van der Waals surface area contributed by atoms with Gasteiger partial charge in [-0.2, -0.15) is 0 Å². The van der Waals surface area contributed by atoms with Gasteiger partial charge in [0.25, 0.3) is 5.78 Å². The lowest BCUT2D eigenvalue weighted by Crippen LogP contribution is -2.29. The zero-order chi connectivity index (χ0) is 31.0. The van der Waals surface area contributed by atoms with Gasteiger partial charge in [0.05, 0.1) is 40.7 Å². The summed E-state index contributed by atoms with van der Waals surface area (Å²) in [6.45, 7) is 8.88. The number of Topliss-reactive ketones (excluding diaryl/α,β-unsaturated/α-hetero) is 1. The number of fused-ring (bicyclic) bond motifs is 2. The van der Waals surface area contributed by atoms with Crippen LogP contribution in [-0.2, 0) is 9.59 Å². The Balaban J connectivity index is 1.51. The summed E-state index contributed by atoms with van der Waals surface area (Å²) in [5.41, 5.74) is 3.73. The molecule has 5 aromatic rings. The number of rotatable bonds is 10. The van der Waals surface area contributed by atoms with Crippen molar-refractivity contribution in [2.45, 2.75) is 53.0 Å². The molecule has 10 heteroatoms. The SMILES string of the molecule is CCCCCOc1cccc(C2C(=C(O)c3nc4c(C)cccn4c3C)C(=O)C(=O)N2c2nc3ccc(OCC)cc3s2)c1. The Hall–Kier alpha value is -4.70. The number of hydrogen-bond donors (Lipinski definition) is 1. The number of unbranched alkanes of at least 4 members (excludes halogenated alkanes) is 2. The van der Waals surface area contributed by atoms with Crippen LogP contribution in [-0.4, -0.2) is 44.4 Å². The number of ketones is 1. The number of anilines is 1. The predicted molar refractivity (Wildman–Crippen MR) is 172 cm³/mol. The van der Waals surface area contributed by atoms with E-state index in [9.17, 15) is 14.7 Å². The van der Waals surface area contributed by atoms with E-state index < -0.39 is 17.7 Å². The van der Waals surface area contributed by atoms with Crippen molar-refractivity contribution in [1.82, 2.24) is 14.4 Å². The van der Waals surface area contributed by atoms with Crippen LogP contribution in [0.5, 0.6) is 11.5 Å². The highest BCUT2D eigenvalue weighted by molar-refractivity contribution is 7.22. The Morgan fingerprint density at radius 3 is 2.57 bits per heavy atom. The summed E-state index contributed by atoms with van der Waals surface area (Å²) >= 11 is 1.29. The molecule has 226 valence electrons. The van der Waals surface area contributed by atoms with Crippen LogP contribution >= 0.6 is 11.3 Å². The Labute approximate surface area is 259 Å². The zero-order valence-corrected chi connectivity index (χ0v) is 26.0. The van der Waals surface area contributed by atoms with E-state index in [0.717, 1.165) is 29.5 Å². The zero-order valence-electron chi connectivity index (χ0n) is 25.2. The van der Waals surface area contributed by atoms with Crippen molar-refractivity contribution in [2.75, 3.05) is 18.1 Å². The monoisotopic (exact) mass is 610 g/mol. The molecular weight excluding hydrogens is 576 g/mol. The molecule has 1 fully saturated rings. The highest BCUT2D eigenvalue weighted by atomic mass is 32.1. The first-order chi connectivity index (χ1) is 21.3. The number of carbonyl (C=O) groups is 2. The van der Waals surface area contributed by atoms with E-state index in [1.807, 2.05) is 86.0 Å². The Kier molecular flexibility index (Phi) is 8.09. The molecule has 1 amide bonds. The summed E-state index contributed by atoms with van der Waals surface area (Å²) < 4.78 is 14.4. The lowest BCUT2D eigenvalue weighted by molar-refractivity contribution is -0.132. The molecule has 1 atom stereocenters. The highest BCUT2D eigenvalue weighted by Crippen LogP contribution is 2.45. The van der Waals surface area contributed by atoms with Gasteiger partial charge in [0, 0.05) is 6.20 Å². The number of benzene rings is 2. The normalized spacial score (nSPS) is 16.4. The number of amides is 1. The second-order valence-electron chi connectivity index (χ2n) is 10.8. The number of carbonyl (C=O) groups excluding carboxylic acids is 2. The molecule has 0 aliphatic carbocycles. The molecule has 44 heavy (non-hydrogen) atoms. The lowest BCUT2D eigenvalue weighted by Gasteiger charge is -2.23. The van der Waals surface area contributed by atoms with Crippen LogP contribution in [0.1, 0.15) is 61.7 Å². The summed E-state index contributed by atoms with van der Waals surface area (Å²) in [7, 11) is 0. The van der Waals surface area contributed by atoms with Crippen LogP contribution in [0.2, 0.25) is 0 Å². The van der Waals surface area contributed by atoms with Crippen molar-refractivity contribution in [3.63, 3.8) is 0 Å². The van der Waals surface area contributed by atoms with Crippen LogP contribution in [0.15, 0.2) is 66.4 Å². The largest absolute Gasteiger partial charge is 0.505 e. The minimum Gasteiger partial charge on any atom is -0.505 e. The number of aromatic nitrogens is 3. The predicted octanol–water partition coefficient (Wildman–Crippen LogP) is 7.15. The molecule has 0 spiro atoms. The number of hydrogen-bond acceptors (Lipinski definition) is 8. The first kappa shape index (κ1) is 29.4. The van der Waals surface area contributed by atoms with Gasteiger partial charge in [0.1, 0.15) is 22.8 Å². The second kappa shape index (κ2) is 12.1. The second-order valence-corrected chi connectivity index (χ2v) is 11.8. The summed E-state index contributed by atoms with van der Waals surface area (Å²) in [6.07, 6.45) is 4.91. The molecule has 1 N–H and O–H groups in total. The molecular formula is C34H34N4O5S. The average Bonchev–Trinajstić information content (AvgIpc) is 3.67. The number of aliphatic hydroxyl groups excluding tert-OH is 1. The van der Waals surface area contributed by atoms with Gasteiger partial charge in [-0.3, -0.25) is 14.5 Å². The van der Waals surface area contributed by atoms with E-state index >= 15 is 0 Å². The van der Waals surface area contributed by atoms with Crippen LogP contribution in [0.3, 0.4) is 0 Å². The van der Waals surface area contributed by atoms with Gasteiger partial charge in [0.15, 0.2) is 10.9 Å². The summed E-state index contributed by atoms with van der Waals surface area (Å²) in [6, 6.07) is 15.7. The van der Waals surface area contributed by atoms with Crippen LogP contribution in [0.25, 0.3) is 21.6 Å². The van der Waals surface area contributed by atoms with Crippen molar-refractivity contribution in [3.05, 3.63) is 88.9 Å². The molecule has 1 unspecified atom stereocenters. The first-order valence-corrected chi connectivity index (χ1v) is 15.7. The van der Waals surface area contributed by atoms with Crippen molar-refractivity contribution in [3.8, 4) is 11.5 Å². The maximum Gasteiger partial charge on any atom is 0.301 e. The van der Waals surface area contributed by atoms with Crippen molar-refractivity contribution in [1.29, 1.82) is 0 Å². The number of thiazole rings is 1. The fraction of sp³-hybridized carbons (Fsp3) is 0.294. The third-order valence-electron chi connectivity index (χ3n) is 7.81. The topological polar surface area (TPSA) is 106 Å². The fourth-order valence-corrected chi connectivity index (χ4v) is 6.61. The van der Waals surface area contributed by atoms with Gasteiger partial charge in [-0.05, 0) is 74.7 Å². The molecule has 0 saturated carbocycles. The first-order valence-electron chi connectivity index (χ1n) is 14.8. The highest BCUT2D eigenvalue weighted by Gasteiger charge is 2.48. The van der Waals surface area contributed by atoms with Gasteiger partial charge >= 0.3 is 5.91 Å². The van der Waals surface area contributed by atoms with Gasteiger partial charge in [0.2, 0.25) is 0 Å². The van der Waals surface area contributed by atoms with E-state index in [1.165, 1.54) is 16.2 Å². The van der Waals surface area contributed by atoms with E-state index in [-0.39, 0.29) is 17.0 Å². The molecule has 9 nitrogen and oxygen atoms in total. The third-order valence-corrected chi connectivity index (χ3v) is 8.83. The maximum atomic E-state index is 13.8. The molecule has 3 aromatic heterocycles. The molecule has 1 aliphatic rings. The fourth-order valence-electron chi connectivity index (χ4n) is 5.59. The molecule has 0 bridgehead atoms. The Morgan fingerprint density at radius 1 is 0.977 bits per heavy atom. The Bertz CT molecular complexity index is 1920. The number of aliphatic hydroxyl groups is 1. The van der Waals surface area contributed by atoms with Crippen LogP contribution in [0, 0.1) is 13.8 Å². The quantitative estimate of drug-likeness (QED) is 0.0774. The van der Waals surface area contributed by atoms with Crippen molar-refractivity contribution >= 4 is 49.8 Å². The number of ether oxygens (including phenoxy) is 2. The van der Waals surface area contributed by atoms with Gasteiger partial charge in [-0.15, -0.1) is 0 Å². The summed E-state index contributed by atoms with van der Waals surface area (Å²) in [4.78, 5) is 38.5. The van der Waals surface area contributed by atoms with Crippen molar-refractivity contribution < 1.29 is 24.2 Å². The molecule has 1 saturated heterocycles. The van der Waals surface area contributed by atoms with Crippen LogP contribution in [0.4, 0.5) is 5.13 Å². The van der Waals surface area contributed by atoms with E-state index in [2.05, 4.69) is 6.92 Å². The van der Waals surface area contributed by atoms with Gasteiger partial charge < -0.3 is 19.0 Å². The minimum absolute atomic E-state index is 0.0449. The smallest absolute Gasteiger partial charge is 0.301 e. The molecule has 6 rings (SSSR count). The van der Waals surface area contributed by atoms with E-state index in [1.54, 1.807) is 0 Å².